The van der Waals surface area contributed by atoms with Crippen LogP contribution in [0.1, 0.15) is 30.9 Å². The van der Waals surface area contributed by atoms with Gasteiger partial charge in [-0.3, -0.25) is 4.79 Å². The molecule has 0 radical (unpaired) electrons. The van der Waals surface area contributed by atoms with E-state index in [9.17, 15) is 4.79 Å². The molecular weight excluding hydrogens is 460 g/mol. The molecule has 2 aromatic carbocycles. The van der Waals surface area contributed by atoms with E-state index < -0.39 is 5.92 Å². The number of thioether (sulfide) groups is 1. The zero-order chi connectivity index (χ0) is 24.4. The van der Waals surface area contributed by atoms with E-state index >= 15 is 0 Å². The maximum Gasteiger partial charge on any atom is 0.232 e. The summed E-state index contributed by atoms with van der Waals surface area (Å²) in [6.45, 7) is 6.04. The Morgan fingerprint density at radius 1 is 1.09 bits per heavy atom. The van der Waals surface area contributed by atoms with Crippen LogP contribution in [0.15, 0.2) is 59.9 Å². The maximum atomic E-state index is 13.4. The molecule has 2 aromatic heterocycles. The van der Waals surface area contributed by atoms with Crippen LogP contribution in [-0.2, 0) is 11.3 Å². The molecule has 1 amide bonds. The molecule has 3 heterocycles. The third-order valence-electron chi connectivity index (χ3n) is 5.90. The number of aromatic nitrogens is 4. The summed E-state index contributed by atoms with van der Waals surface area (Å²) in [5.74, 6) is 2.22. The normalized spacial score (nSPS) is 12.8. The number of ether oxygens (including phenoxy) is 1. The average molecular weight is 489 g/mol. The quantitative estimate of drug-likeness (QED) is 0.275. The first-order chi connectivity index (χ1) is 17.0. The zero-order valence-electron chi connectivity index (χ0n) is 20.0. The number of hydrogen-bond acceptors (Lipinski definition) is 7. The summed E-state index contributed by atoms with van der Waals surface area (Å²) < 4.78 is 7.84. The lowest BCUT2D eigenvalue weighted by Crippen LogP contribution is -2.33. The van der Waals surface area contributed by atoms with Gasteiger partial charge in [0.05, 0.1) is 24.0 Å². The molecule has 0 saturated carbocycles. The second-order valence-electron chi connectivity index (χ2n) is 8.84. The number of carbonyl (C=O) groups is 1. The molecule has 0 saturated heterocycles. The lowest BCUT2D eigenvalue weighted by atomic mass is 9.87. The number of benzene rings is 2. The number of nitrogens with zero attached hydrogens (tertiary/aromatic N) is 4. The molecule has 4 aromatic rings. The molecule has 9 heteroatoms. The van der Waals surface area contributed by atoms with Crippen molar-refractivity contribution in [2.24, 2.45) is 5.92 Å². The van der Waals surface area contributed by atoms with E-state index in [0.29, 0.717) is 35.7 Å². The smallest absolute Gasteiger partial charge is 0.232 e. The van der Waals surface area contributed by atoms with Crippen LogP contribution in [0, 0.1) is 5.92 Å². The second kappa shape index (κ2) is 9.95. The van der Waals surface area contributed by atoms with Crippen molar-refractivity contribution in [3.63, 3.8) is 0 Å². The third kappa shape index (κ3) is 4.68. The largest absolute Gasteiger partial charge is 0.457 e. The van der Waals surface area contributed by atoms with Crippen LogP contribution in [0.25, 0.3) is 11.0 Å². The van der Waals surface area contributed by atoms with E-state index in [2.05, 4.69) is 39.5 Å². The second-order valence-corrected chi connectivity index (χ2v) is 9.61. The van der Waals surface area contributed by atoms with Crippen LogP contribution in [-0.4, -0.2) is 45.0 Å². The fraction of sp³-hybridized carbons (Fsp3) is 0.308. The van der Waals surface area contributed by atoms with E-state index in [1.165, 1.54) is 11.8 Å². The number of anilines is 1. The van der Waals surface area contributed by atoms with Gasteiger partial charge in [-0.1, -0.05) is 62.0 Å². The molecular formula is C26H28N6O2S. The molecule has 0 aliphatic carbocycles. The number of nitrogens with one attached hydrogen (secondary N) is 2. The first kappa shape index (κ1) is 23.2. The number of para-hydroxylation sites is 2. The Kier molecular flexibility index (Phi) is 6.59. The fourth-order valence-corrected chi connectivity index (χ4v) is 4.57. The van der Waals surface area contributed by atoms with Gasteiger partial charge >= 0.3 is 0 Å². The summed E-state index contributed by atoms with van der Waals surface area (Å²) in [5.41, 5.74) is 2.49. The molecule has 2 N–H and O–H groups in total. The predicted octanol–water partition coefficient (Wildman–Crippen LogP) is 4.67. The molecule has 5 rings (SSSR count). The van der Waals surface area contributed by atoms with E-state index in [-0.39, 0.29) is 5.91 Å². The third-order valence-corrected chi connectivity index (χ3v) is 6.45. The van der Waals surface area contributed by atoms with Crippen LogP contribution >= 0.6 is 11.8 Å². The Hall–Kier alpha value is -3.59. The monoisotopic (exact) mass is 488 g/mol. The van der Waals surface area contributed by atoms with E-state index in [0.717, 1.165) is 34.5 Å². The molecule has 0 bridgehead atoms. The highest BCUT2D eigenvalue weighted by Gasteiger charge is 2.32. The molecule has 0 spiro atoms. The standard InChI is InChI=1S/C26H28N6O2S/c1-16(2)14-28-23-19-15-29-32(24(19)31-26(30-23)35-3)13-12-27-25(33)22-17-8-4-6-10-20(17)34-21-11-7-5-9-18(21)22/h4-11,15-16,22H,12-14H2,1-3H3,(H,27,33)(H,28,30,31). The van der Waals surface area contributed by atoms with E-state index in [1.54, 1.807) is 6.20 Å². The topological polar surface area (TPSA) is 94.0 Å². The van der Waals surface area contributed by atoms with Gasteiger partial charge in [-0.25, -0.2) is 14.6 Å². The minimum atomic E-state index is -0.428. The van der Waals surface area contributed by atoms with Crippen molar-refractivity contribution in [2.45, 2.75) is 31.5 Å². The van der Waals surface area contributed by atoms with Gasteiger partial charge < -0.3 is 15.4 Å². The lowest BCUT2D eigenvalue weighted by Gasteiger charge is -2.27. The van der Waals surface area contributed by atoms with Crippen molar-refractivity contribution in [2.75, 3.05) is 24.7 Å². The van der Waals surface area contributed by atoms with Crippen molar-refractivity contribution >= 4 is 34.5 Å². The van der Waals surface area contributed by atoms with Crippen LogP contribution in [0.2, 0.25) is 0 Å². The molecule has 0 unspecified atom stereocenters. The van der Waals surface area contributed by atoms with Gasteiger partial charge in [0.1, 0.15) is 17.3 Å². The van der Waals surface area contributed by atoms with Crippen molar-refractivity contribution in [1.29, 1.82) is 0 Å². The van der Waals surface area contributed by atoms with Crippen LogP contribution in [0.3, 0.4) is 0 Å². The van der Waals surface area contributed by atoms with Gasteiger partial charge in [0.2, 0.25) is 5.91 Å². The van der Waals surface area contributed by atoms with Gasteiger partial charge in [-0.2, -0.15) is 5.10 Å². The summed E-state index contributed by atoms with van der Waals surface area (Å²) in [4.78, 5) is 22.7. The fourth-order valence-electron chi connectivity index (χ4n) is 4.21. The van der Waals surface area contributed by atoms with Crippen LogP contribution in [0.4, 0.5) is 5.82 Å². The highest BCUT2D eigenvalue weighted by atomic mass is 32.2. The Bertz CT molecular complexity index is 1320. The minimum absolute atomic E-state index is 0.0663. The minimum Gasteiger partial charge on any atom is -0.457 e. The Labute approximate surface area is 208 Å². The van der Waals surface area contributed by atoms with Crippen molar-refractivity contribution in [3.05, 3.63) is 65.9 Å². The number of carbonyl (C=O) groups excluding carboxylic acids is 1. The number of hydrogen-bond donors (Lipinski definition) is 2. The highest BCUT2D eigenvalue weighted by Crippen LogP contribution is 2.43. The van der Waals surface area contributed by atoms with Gasteiger partial charge in [0.15, 0.2) is 10.8 Å². The predicted molar refractivity (Wildman–Crippen MR) is 138 cm³/mol. The first-order valence-electron chi connectivity index (χ1n) is 11.7. The summed E-state index contributed by atoms with van der Waals surface area (Å²) in [6.07, 6.45) is 3.74. The highest BCUT2D eigenvalue weighted by molar-refractivity contribution is 7.98. The van der Waals surface area contributed by atoms with Gasteiger partial charge in [-0.15, -0.1) is 0 Å². The van der Waals surface area contributed by atoms with Gasteiger partial charge in [-0.05, 0) is 24.3 Å². The number of fused-ring (bicyclic) bond motifs is 3. The summed E-state index contributed by atoms with van der Waals surface area (Å²) in [6, 6.07) is 15.4. The van der Waals surface area contributed by atoms with Gasteiger partial charge in [0, 0.05) is 24.2 Å². The number of rotatable bonds is 8. The summed E-state index contributed by atoms with van der Waals surface area (Å²) in [7, 11) is 0. The summed E-state index contributed by atoms with van der Waals surface area (Å²) in [5, 5.41) is 12.6. The Morgan fingerprint density at radius 2 is 1.77 bits per heavy atom. The van der Waals surface area contributed by atoms with Gasteiger partial charge in [0.25, 0.3) is 0 Å². The Morgan fingerprint density at radius 3 is 2.43 bits per heavy atom. The van der Waals surface area contributed by atoms with Crippen molar-refractivity contribution in [3.8, 4) is 11.5 Å². The van der Waals surface area contributed by atoms with Crippen LogP contribution < -0.4 is 15.4 Å². The number of amides is 1. The Balaban J connectivity index is 1.34. The molecule has 0 atom stereocenters. The molecule has 0 fully saturated rings. The molecule has 1 aliphatic rings. The molecule has 35 heavy (non-hydrogen) atoms. The zero-order valence-corrected chi connectivity index (χ0v) is 20.8. The SMILES string of the molecule is CSc1nc(NCC(C)C)c2cnn(CCNC(=O)C3c4ccccc4Oc4ccccc43)c2n1. The van der Waals surface area contributed by atoms with Crippen LogP contribution in [0.5, 0.6) is 11.5 Å². The van der Waals surface area contributed by atoms with E-state index in [4.69, 9.17) is 4.74 Å². The van der Waals surface area contributed by atoms with E-state index in [1.807, 2.05) is 59.5 Å². The van der Waals surface area contributed by atoms with Crippen molar-refractivity contribution in [1.82, 2.24) is 25.1 Å². The maximum absolute atomic E-state index is 13.4. The summed E-state index contributed by atoms with van der Waals surface area (Å²) >= 11 is 1.49. The molecule has 8 nitrogen and oxygen atoms in total. The molecule has 180 valence electrons. The first-order valence-corrected chi connectivity index (χ1v) is 12.9. The lowest BCUT2D eigenvalue weighted by molar-refractivity contribution is -0.121. The molecule has 1 aliphatic heterocycles. The van der Waals surface area contributed by atoms with Crippen molar-refractivity contribution < 1.29 is 9.53 Å². The average Bonchev–Trinajstić information content (AvgIpc) is 3.28.